The van der Waals surface area contributed by atoms with E-state index < -0.39 is 11.6 Å². The van der Waals surface area contributed by atoms with E-state index in [0.717, 1.165) is 36.8 Å². The molecule has 0 amide bonds. The topological polar surface area (TPSA) is 80.0 Å². The maximum absolute atomic E-state index is 14.2. The van der Waals surface area contributed by atoms with Gasteiger partial charge in [-0.25, -0.2) is 4.98 Å². The number of benzene rings is 1. The van der Waals surface area contributed by atoms with Crippen molar-refractivity contribution in [3.05, 3.63) is 36.8 Å². The van der Waals surface area contributed by atoms with Crippen LogP contribution in [0.5, 0.6) is 5.75 Å². The number of fused-ring (bicyclic) bond motifs is 2. The van der Waals surface area contributed by atoms with Crippen LogP contribution in [0, 0.1) is 11.3 Å². The summed E-state index contributed by atoms with van der Waals surface area (Å²) >= 11 is 0. The number of aromatic nitrogens is 5. The number of anilines is 1. The summed E-state index contributed by atoms with van der Waals surface area (Å²) in [5, 5.41) is 23.5. The van der Waals surface area contributed by atoms with Crippen molar-refractivity contribution in [3.63, 3.8) is 0 Å². The smallest absolute Gasteiger partial charge is 0.394 e. The van der Waals surface area contributed by atoms with E-state index in [9.17, 15) is 18.3 Å². The Balaban J connectivity index is 1.26. The third-order valence-corrected chi connectivity index (χ3v) is 8.20. The van der Waals surface area contributed by atoms with Crippen molar-refractivity contribution in [1.82, 2.24) is 25.0 Å². The summed E-state index contributed by atoms with van der Waals surface area (Å²) in [6.45, 7) is 0. The molecule has 6 rings (SSSR count). The van der Waals surface area contributed by atoms with Gasteiger partial charge >= 0.3 is 6.18 Å². The molecular formula is C26H29F3N6O. The van der Waals surface area contributed by atoms with Crippen molar-refractivity contribution in [3.8, 4) is 28.3 Å². The number of halogens is 3. The molecule has 10 heteroatoms. The van der Waals surface area contributed by atoms with Gasteiger partial charge in [0.1, 0.15) is 5.75 Å². The van der Waals surface area contributed by atoms with Crippen LogP contribution in [-0.2, 0) is 7.05 Å². The third kappa shape index (κ3) is 4.10. The lowest BCUT2D eigenvalue weighted by atomic mass is 9.60. The quantitative estimate of drug-likeness (QED) is 0.499. The van der Waals surface area contributed by atoms with E-state index in [2.05, 4.69) is 25.2 Å². The summed E-state index contributed by atoms with van der Waals surface area (Å²) < 4.78 is 44.3. The molecule has 2 bridgehead atoms. The second kappa shape index (κ2) is 8.45. The Hall–Kier alpha value is -3.17. The van der Waals surface area contributed by atoms with Crippen LogP contribution in [0.1, 0.15) is 51.4 Å². The highest BCUT2D eigenvalue weighted by atomic mass is 19.4. The van der Waals surface area contributed by atoms with E-state index in [0.29, 0.717) is 17.8 Å². The van der Waals surface area contributed by atoms with E-state index >= 15 is 0 Å². The van der Waals surface area contributed by atoms with E-state index in [1.54, 1.807) is 29.2 Å². The van der Waals surface area contributed by atoms with Gasteiger partial charge in [-0.3, -0.25) is 4.68 Å². The first-order valence-electron chi connectivity index (χ1n) is 12.6. The minimum atomic E-state index is -4.19. The van der Waals surface area contributed by atoms with Gasteiger partial charge in [0.05, 0.1) is 23.4 Å². The van der Waals surface area contributed by atoms with E-state index in [1.165, 1.54) is 0 Å². The number of rotatable bonds is 5. The number of aryl methyl sites for hydroxylation is 1. The molecule has 1 aromatic carbocycles. The largest absolute Gasteiger partial charge is 0.507 e. The van der Waals surface area contributed by atoms with Crippen molar-refractivity contribution in [2.45, 2.75) is 69.6 Å². The molecule has 36 heavy (non-hydrogen) atoms. The van der Waals surface area contributed by atoms with Crippen LogP contribution in [0.2, 0.25) is 0 Å². The molecule has 2 aromatic heterocycles. The van der Waals surface area contributed by atoms with E-state index in [4.69, 9.17) is 0 Å². The Morgan fingerprint density at radius 1 is 1.06 bits per heavy atom. The predicted molar refractivity (Wildman–Crippen MR) is 128 cm³/mol. The molecule has 7 nitrogen and oxygen atoms in total. The number of phenols is 1. The zero-order valence-corrected chi connectivity index (χ0v) is 20.1. The molecule has 3 saturated carbocycles. The fraction of sp³-hybridized carbons (Fsp3) is 0.538. The first kappa shape index (κ1) is 23.2. The number of aromatic hydroxyl groups is 1. The average Bonchev–Trinajstić information content (AvgIpc) is 3.57. The maximum Gasteiger partial charge on any atom is 0.394 e. The summed E-state index contributed by atoms with van der Waals surface area (Å²) in [7, 11) is 1.83. The van der Waals surface area contributed by atoms with Crippen LogP contribution in [0.15, 0.2) is 36.8 Å². The Kier molecular flexibility index (Phi) is 5.46. The molecule has 0 aliphatic heterocycles. The van der Waals surface area contributed by atoms with Crippen LogP contribution < -0.4 is 4.90 Å². The van der Waals surface area contributed by atoms with Crippen LogP contribution in [0.4, 0.5) is 19.0 Å². The van der Waals surface area contributed by atoms with Gasteiger partial charge in [0.2, 0.25) is 0 Å². The number of hydrogen-bond donors (Lipinski definition) is 1. The monoisotopic (exact) mass is 498 g/mol. The first-order valence-corrected chi connectivity index (χ1v) is 12.6. The van der Waals surface area contributed by atoms with Crippen molar-refractivity contribution < 1.29 is 18.3 Å². The van der Waals surface area contributed by atoms with Crippen molar-refractivity contribution in [2.75, 3.05) is 4.90 Å². The van der Waals surface area contributed by atoms with Gasteiger partial charge in [-0.15, -0.1) is 10.2 Å². The van der Waals surface area contributed by atoms with Gasteiger partial charge in [0.25, 0.3) is 0 Å². The van der Waals surface area contributed by atoms with Gasteiger partial charge in [-0.05, 0) is 62.1 Å². The highest BCUT2D eigenvalue weighted by Crippen LogP contribution is 2.58. The van der Waals surface area contributed by atoms with Crippen molar-refractivity contribution in [1.29, 1.82) is 0 Å². The molecule has 3 aliphatic carbocycles. The number of hydrogen-bond acceptors (Lipinski definition) is 6. The molecular weight excluding hydrogens is 469 g/mol. The lowest BCUT2D eigenvalue weighted by Crippen LogP contribution is -2.53. The molecule has 0 saturated heterocycles. The average molecular weight is 499 g/mol. The molecule has 3 atom stereocenters. The summed E-state index contributed by atoms with van der Waals surface area (Å²) in [6.07, 6.45) is 5.74. The lowest BCUT2D eigenvalue weighted by molar-refractivity contribution is -0.250. The van der Waals surface area contributed by atoms with Crippen molar-refractivity contribution >= 4 is 5.82 Å². The van der Waals surface area contributed by atoms with Crippen LogP contribution in [0.3, 0.4) is 0 Å². The molecule has 0 spiro atoms. The molecule has 0 unspecified atom stereocenters. The zero-order valence-electron chi connectivity index (χ0n) is 20.1. The molecule has 3 aromatic rings. The Labute approximate surface area is 207 Å². The van der Waals surface area contributed by atoms with Crippen LogP contribution in [-0.4, -0.2) is 48.3 Å². The fourth-order valence-electron chi connectivity index (χ4n) is 6.38. The van der Waals surface area contributed by atoms with Gasteiger partial charge in [0.15, 0.2) is 11.6 Å². The number of phenolic OH excluding ortho intramolecular Hbond substituents is 1. The summed E-state index contributed by atoms with van der Waals surface area (Å²) in [5.41, 5.74) is 0.551. The highest BCUT2D eigenvalue weighted by Gasteiger charge is 2.60. The second-order valence-corrected chi connectivity index (χ2v) is 10.7. The molecule has 190 valence electrons. The third-order valence-electron chi connectivity index (χ3n) is 8.20. The molecule has 1 N–H and O–H groups in total. The van der Waals surface area contributed by atoms with Gasteiger partial charge in [-0.1, -0.05) is 18.9 Å². The summed E-state index contributed by atoms with van der Waals surface area (Å²) in [5.74, 6) is 0.917. The van der Waals surface area contributed by atoms with Gasteiger partial charge < -0.3 is 10.0 Å². The maximum atomic E-state index is 14.2. The molecule has 3 fully saturated rings. The molecule has 3 aliphatic rings. The molecule has 0 radical (unpaired) electrons. The number of nitrogens with zero attached hydrogens (tertiary/aromatic N) is 6. The SMILES string of the molecule is Cn1cc(-c2ccc(-c3ncc(N(C4CC4)[C@@H]4C[C@H]5CCC[C@](C(F)(F)F)(C5)C4)nn3)c(O)c2)cn1. The predicted octanol–water partition coefficient (Wildman–Crippen LogP) is 5.51. The van der Waals surface area contributed by atoms with Crippen LogP contribution in [0.25, 0.3) is 22.5 Å². The normalized spacial score (nSPS) is 26.1. The summed E-state index contributed by atoms with van der Waals surface area (Å²) in [4.78, 5) is 6.53. The van der Waals surface area contributed by atoms with Crippen LogP contribution >= 0.6 is 0 Å². The second-order valence-electron chi connectivity index (χ2n) is 10.7. The molecule has 2 heterocycles. The Morgan fingerprint density at radius 2 is 1.89 bits per heavy atom. The Morgan fingerprint density at radius 3 is 2.53 bits per heavy atom. The lowest BCUT2D eigenvalue weighted by Gasteiger charge is -2.51. The number of alkyl halides is 3. The standard InChI is InChI=1S/C26H29F3N6O/c1-34-15-18(13-31-34)17-4-7-21(22(36)10-17)24-30-14-23(32-33-24)35(19-5-6-19)20-9-16-3-2-8-25(11-16,12-20)26(27,28)29/h4,7,10,13-16,19-20,36H,2-3,5-6,8-9,11-12H2,1H3/t16-,20-,25+/m1/s1. The Bertz CT molecular complexity index is 1260. The summed E-state index contributed by atoms with van der Waals surface area (Å²) in [6, 6.07) is 5.21. The first-order chi connectivity index (χ1) is 17.2. The minimum Gasteiger partial charge on any atom is -0.507 e. The highest BCUT2D eigenvalue weighted by molar-refractivity contribution is 5.72. The van der Waals surface area contributed by atoms with Crippen molar-refractivity contribution in [2.24, 2.45) is 18.4 Å². The van der Waals surface area contributed by atoms with Gasteiger partial charge in [-0.2, -0.15) is 18.3 Å². The minimum absolute atomic E-state index is 0.0252. The van der Waals surface area contributed by atoms with Gasteiger partial charge in [0, 0.05) is 30.9 Å². The van der Waals surface area contributed by atoms with E-state index in [1.807, 2.05) is 19.3 Å². The fourth-order valence-corrected chi connectivity index (χ4v) is 6.38. The zero-order chi connectivity index (χ0) is 25.1. The van der Waals surface area contributed by atoms with E-state index in [-0.39, 0.29) is 48.8 Å².